The van der Waals surface area contributed by atoms with E-state index in [-0.39, 0.29) is 18.0 Å². The summed E-state index contributed by atoms with van der Waals surface area (Å²) < 4.78 is 3.70. The van der Waals surface area contributed by atoms with Gasteiger partial charge < -0.3 is 5.32 Å². The number of nitrogens with zero attached hydrogens (tertiary/aromatic N) is 5. The number of pyridine rings is 1. The summed E-state index contributed by atoms with van der Waals surface area (Å²) in [5.74, 6) is -0.0219. The van der Waals surface area contributed by atoms with Crippen LogP contribution in [0.4, 0.5) is 0 Å². The second-order valence-corrected chi connectivity index (χ2v) is 6.71. The van der Waals surface area contributed by atoms with Crippen molar-refractivity contribution >= 4 is 5.91 Å². The molecule has 0 saturated heterocycles. The molecule has 0 spiro atoms. The van der Waals surface area contributed by atoms with Crippen molar-refractivity contribution in [1.82, 2.24) is 29.9 Å². The number of hydrogen-bond donors (Lipinski definition) is 1. The fourth-order valence-electron chi connectivity index (χ4n) is 3.60. The number of rotatable bonds is 4. The molecule has 1 amide bonds. The maximum Gasteiger partial charge on any atom is 0.245 e. The number of carbonyl (C=O) groups excluding carboxylic acids is 1. The van der Waals surface area contributed by atoms with Crippen molar-refractivity contribution in [3.63, 3.8) is 0 Å². The van der Waals surface area contributed by atoms with E-state index in [4.69, 9.17) is 0 Å². The largest absolute Gasteiger partial charge is 0.347 e. The highest BCUT2D eigenvalue weighted by Crippen LogP contribution is 2.31. The van der Waals surface area contributed by atoms with Crippen LogP contribution in [0.25, 0.3) is 5.69 Å². The molecule has 1 N–H and O–H groups in total. The van der Waals surface area contributed by atoms with Gasteiger partial charge in [-0.1, -0.05) is 0 Å². The Balaban J connectivity index is 1.56. The van der Waals surface area contributed by atoms with Crippen molar-refractivity contribution in [2.45, 2.75) is 45.2 Å². The minimum atomic E-state index is -0.342. The number of nitrogens with one attached hydrogen (secondary N) is 1. The molecule has 2 atom stereocenters. The number of fused-ring (bicyclic) bond motifs is 1. The summed E-state index contributed by atoms with van der Waals surface area (Å²) >= 11 is 0. The Kier molecular flexibility index (Phi) is 4.28. The second-order valence-electron chi connectivity index (χ2n) is 6.71. The Morgan fingerprint density at radius 2 is 2.04 bits per heavy atom. The molecule has 0 aromatic carbocycles. The van der Waals surface area contributed by atoms with Crippen LogP contribution in [0, 0.1) is 6.92 Å². The quantitative estimate of drug-likeness (QED) is 0.784. The zero-order chi connectivity index (χ0) is 18.1. The van der Waals surface area contributed by atoms with Crippen LogP contribution in [-0.2, 0) is 11.2 Å². The second kappa shape index (κ2) is 6.74. The summed E-state index contributed by atoms with van der Waals surface area (Å²) in [5.41, 5.74) is 4.23. The highest BCUT2D eigenvalue weighted by Gasteiger charge is 2.28. The third kappa shape index (κ3) is 2.89. The normalized spacial score (nSPS) is 17.5. The predicted molar refractivity (Wildman–Crippen MR) is 96.9 cm³/mol. The Hall–Kier alpha value is -2.96. The molecule has 0 fully saturated rings. The van der Waals surface area contributed by atoms with Crippen molar-refractivity contribution in [3.05, 3.63) is 59.9 Å². The average Bonchev–Trinajstić information content (AvgIpc) is 3.28. The molecule has 0 unspecified atom stereocenters. The molecule has 134 valence electrons. The Morgan fingerprint density at radius 3 is 2.77 bits per heavy atom. The number of aromatic nitrogens is 5. The Morgan fingerprint density at radius 1 is 1.23 bits per heavy atom. The van der Waals surface area contributed by atoms with Gasteiger partial charge in [-0.25, -0.2) is 4.68 Å². The van der Waals surface area contributed by atoms with Crippen LogP contribution in [-0.4, -0.2) is 30.5 Å². The van der Waals surface area contributed by atoms with Crippen molar-refractivity contribution in [3.8, 4) is 5.69 Å². The first-order valence-corrected chi connectivity index (χ1v) is 8.93. The molecule has 3 aromatic heterocycles. The zero-order valence-electron chi connectivity index (χ0n) is 15.0. The number of carbonyl (C=O) groups is 1. The van der Waals surface area contributed by atoms with E-state index in [0.717, 1.165) is 41.9 Å². The molecule has 1 aliphatic rings. The van der Waals surface area contributed by atoms with Crippen LogP contribution >= 0.6 is 0 Å². The number of hydrogen-bond acceptors (Lipinski definition) is 4. The lowest BCUT2D eigenvalue weighted by atomic mass is 9.92. The van der Waals surface area contributed by atoms with Gasteiger partial charge in [-0.2, -0.15) is 10.2 Å². The van der Waals surface area contributed by atoms with Gasteiger partial charge >= 0.3 is 0 Å². The fraction of sp³-hybridized carbons (Fsp3) is 0.368. The van der Waals surface area contributed by atoms with Crippen LogP contribution in [0.5, 0.6) is 0 Å². The van der Waals surface area contributed by atoms with E-state index in [0.29, 0.717) is 0 Å². The van der Waals surface area contributed by atoms with Gasteiger partial charge in [-0.15, -0.1) is 0 Å². The molecule has 3 heterocycles. The van der Waals surface area contributed by atoms with Gasteiger partial charge in [0.15, 0.2) is 0 Å². The third-order valence-electron chi connectivity index (χ3n) is 5.02. The lowest BCUT2D eigenvalue weighted by Crippen LogP contribution is -2.36. The van der Waals surface area contributed by atoms with Gasteiger partial charge in [0.1, 0.15) is 6.04 Å². The molecule has 7 nitrogen and oxygen atoms in total. The SMILES string of the molecule is Cc1ccnn1[C@H](C)C(=O)N[C@@H]1CCCc2c1cnn2-c1ccncc1. The summed E-state index contributed by atoms with van der Waals surface area (Å²) in [7, 11) is 0. The predicted octanol–water partition coefficient (Wildman–Crippen LogP) is 2.53. The maximum atomic E-state index is 12.7. The molecule has 0 radical (unpaired) electrons. The topological polar surface area (TPSA) is 77.6 Å². The minimum absolute atomic E-state index is 0.0137. The summed E-state index contributed by atoms with van der Waals surface area (Å²) in [6.07, 6.45) is 10.0. The van der Waals surface area contributed by atoms with Gasteiger partial charge in [-0.05, 0) is 51.3 Å². The molecule has 1 aliphatic carbocycles. The Labute approximate surface area is 152 Å². The number of amides is 1. The molecule has 0 bridgehead atoms. The van der Waals surface area contributed by atoms with Crippen molar-refractivity contribution in [2.75, 3.05) is 0 Å². The van der Waals surface area contributed by atoms with Gasteiger partial charge in [-0.3, -0.25) is 14.5 Å². The monoisotopic (exact) mass is 350 g/mol. The van der Waals surface area contributed by atoms with Crippen molar-refractivity contribution < 1.29 is 4.79 Å². The molecule has 0 saturated carbocycles. The van der Waals surface area contributed by atoms with Crippen LogP contribution in [0.3, 0.4) is 0 Å². The van der Waals surface area contributed by atoms with E-state index >= 15 is 0 Å². The standard InChI is InChI=1S/C19H22N6O/c1-13-6-11-21-24(13)14(2)19(26)23-17-4-3-5-18-16(17)12-22-25(18)15-7-9-20-10-8-15/h6-12,14,17H,3-5H2,1-2H3,(H,23,26)/t14-,17-/m1/s1. The molecular formula is C19H22N6O. The summed E-state index contributed by atoms with van der Waals surface area (Å²) in [5, 5.41) is 12.0. The first kappa shape index (κ1) is 16.5. The molecule has 3 aromatic rings. The van der Waals surface area contributed by atoms with Crippen LogP contribution in [0.1, 0.15) is 48.8 Å². The van der Waals surface area contributed by atoms with Crippen LogP contribution in [0.15, 0.2) is 43.0 Å². The molecular weight excluding hydrogens is 328 g/mol. The highest BCUT2D eigenvalue weighted by molar-refractivity contribution is 5.80. The summed E-state index contributed by atoms with van der Waals surface area (Å²) in [6, 6.07) is 5.43. The van der Waals surface area contributed by atoms with Gasteiger partial charge in [0.25, 0.3) is 0 Å². The van der Waals surface area contributed by atoms with Gasteiger partial charge in [0, 0.05) is 35.5 Å². The van der Waals surface area contributed by atoms with Gasteiger partial charge in [0.05, 0.1) is 17.9 Å². The molecule has 7 heteroatoms. The molecule has 26 heavy (non-hydrogen) atoms. The van der Waals surface area contributed by atoms with Crippen molar-refractivity contribution in [2.24, 2.45) is 0 Å². The van der Waals surface area contributed by atoms with E-state index in [1.807, 2.05) is 42.9 Å². The van der Waals surface area contributed by atoms with Crippen LogP contribution in [0.2, 0.25) is 0 Å². The first-order valence-electron chi connectivity index (χ1n) is 8.93. The highest BCUT2D eigenvalue weighted by atomic mass is 16.2. The maximum absolute atomic E-state index is 12.7. The smallest absolute Gasteiger partial charge is 0.245 e. The van der Waals surface area contributed by atoms with E-state index < -0.39 is 0 Å². The third-order valence-corrected chi connectivity index (χ3v) is 5.02. The minimum Gasteiger partial charge on any atom is -0.347 e. The lowest BCUT2D eigenvalue weighted by Gasteiger charge is -2.26. The van der Waals surface area contributed by atoms with Crippen LogP contribution < -0.4 is 5.32 Å². The zero-order valence-corrected chi connectivity index (χ0v) is 15.0. The lowest BCUT2D eigenvalue weighted by molar-refractivity contribution is -0.125. The van der Waals surface area contributed by atoms with Crippen molar-refractivity contribution in [1.29, 1.82) is 0 Å². The first-order chi connectivity index (χ1) is 12.6. The molecule has 0 aliphatic heterocycles. The van der Waals surface area contributed by atoms with E-state index in [2.05, 4.69) is 20.5 Å². The van der Waals surface area contributed by atoms with E-state index in [1.165, 1.54) is 0 Å². The fourth-order valence-corrected chi connectivity index (χ4v) is 3.60. The van der Waals surface area contributed by atoms with E-state index in [9.17, 15) is 4.79 Å². The van der Waals surface area contributed by atoms with E-state index in [1.54, 1.807) is 23.3 Å². The summed E-state index contributed by atoms with van der Waals surface area (Å²) in [4.78, 5) is 16.8. The number of aryl methyl sites for hydroxylation is 1. The summed E-state index contributed by atoms with van der Waals surface area (Å²) in [6.45, 7) is 3.83. The van der Waals surface area contributed by atoms with Gasteiger partial charge in [0.2, 0.25) is 5.91 Å². The molecule has 4 rings (SSSR count). The Bertz CT molecular complexity index is 913. The average molecular weight is 350 g/mol.